The van der Waals surface area contributed by atoms with Crippen LogP contribution in [0.3, 0.4) is 0 Å². The molecule has 6 nitrogen and oxygen atoms in total. The summed E-state index contributed by atoms with van der Waals surface area (Å²) in [4.78, 5) is 8.97. The Morgan fingerprint density at radius 3 is 2.74 bits per heavy atom. The van der Waals surface area contributed by atoms with Crippen molar-refractivity contribution in [2.24, 2.45) is 5.73 Å². The van der Waals surface area contributed by atoms with E-state index in [1.54, 1.807) is 6.20 Å². The topological polar surface area (TPSA) is 75.2 Å². The predicted octanol–water partition coefficient (Wildman–Crippen LogP) is 2.56. The number of aromatic nitrogens is 3. The zero-order valence-electron chi connectivity index (χ0n) is 13.1. The van der Waals surface area contributed by atoms with Crippen LogP contribution in [-0.2, 0) is 6.54 Å². The molecule has 1 aliphatic heterocycles. The first-order valence-corrected chi connectivity index (χ1v) is 7.50. The van der Waals surface area contributed by atoms with Crippen LogP contribution in [0.15, 0.2) is 36.7 Å². The summed E-state index contributed by atoms with van der Waals surface area (Å²) in [6.45, 7) is 4.88. The lowest BCUT2D eigenvalue weighted by Gasteiger charge is -2.21. The second kappa shape index (κ2) is 4.96. The monoisotopic (exact) mass is 310 g/mol. The molecule has 4 rings (SSSR count). The first-order chi connectivity index (χ1) is 11.0. The quantitative estimate of drug-likeness (QED) is 0.804. The van der Waals surface area contributed by atoms with E-state index in [4.69, 9.17) is 20.2 Å². The van der Waals surface area contributed by atoms with E-state index in [1.807, 2.05) is 44.3 Å². The van der Waals surface area contributed by atoms with E-state index < -0.39 is 0 Å². The van der Waals surface area contributed by atoms with Crippen LogP contribution in [0.4, 0.5) is 0 Å². The minimum Gasteiger partial charge on any atom is -0.454 e. The Labute approximate surface area is 133 Å². The van der Waals surface area contributed by atoms with Crippen molar-refractivity contribution in [2.75, 3.05) is 6.79 Å². The molecular formula is C17H18N4O2. The number of pyridine rings is 1. The van der Waals surface area contributed by atoms with Crippen molar-refractivity contribution in [2.45, 2.75) is 25.9 Å². The second-order valence-corrected chi connectivity index (χ2v) is 6.45. The average molecular weight is 310 g/mol. The molecule has 0 atom stereocenters. The van der Waals surface area contributed by atoms with E-state index in [9.17, 15) is 0 Å². The maximum absolute atomic E-state index is 6.26. The molecule has 0 saturated carbocycles. The fourth-order valence-corrected chi connectivity index (χ4v) is 2.80. The van der Waals surface area contributed by atoms with Crippen molar-refractivity contribution in [1.82, 2.24) is 14.5 Å². The van der Waals surface area contributed by atoms with Gasteiger partial charge in [-0.05, 0) is 26.0 Å². The van der Waals surface area contributed by atoms with Gasteiger partial charge >= 0.3 is 0 Å². The van der Waals surface area contributed by atoms with Gasteiger partial charge in [-0.3, -0.25) is 4.98 Å². The molecule has 23 heavy (non-hydrogen) atoms. The van der Waals surface area contributed by atoms with E-state index in [2.05, 4.69) is 9.55 Å². The summed E-state index contributed by atoms with van der Waals surface area (Å²) < 4.78 is 13.1. The van der Waals surface area contributed by atoms with Gasteiger partial charge in [-0.15, -0.1) is 0 Å². The minimum absolute atomic E-state index is 0.250. The highest BCUT2D eigenvalue weighted by atomic mass is 16.7. The Kier molecular flexibility index (Phi) is 3.02. The second-order valence-electron chi connectivity index (χ2n) is 6.45. The molecule has 0 spiro atoms. The molecule has 0 fully saturated rings. The molecule has 2 aromatic heterocycles. The third kappa shape index (κ3) is 2.51. The van der Waals surface area contributed by atoms with E-state index in [-0.39, 0.29) is 12.3 Å². The van der Waals surface area contributed by atoms with Gasteiger partial charge in [0.25, 0.3) is 0 Å². The van der Waals surface area contributed by atoms with Crippen LogP contribution in [0, 0.1) is 0 Å². The van der Waals surface area contributed by atoms with Crippen LogP contribution in [0.1, 0.15) is 13.8 Å². The Hall–Kier alpha value is -2.60. The molecule has 0 radical (unpaired) electrons. The molecule has 6 heteroatoms. The van der Waals surface area contributed by atoms with Gasteiger partial charge in [-0.2, -0.15) is 0 Å². The van der Waals surface area contributed by atoms with Crippen molar-refractivity contribution >= 4 is 11.0 Å². The fraction of sp³-hybridized carbons (Fsp3) is 0.294. The van der Waals surface area contributed by atoms with Crippen molar-refractivity contribution in [3.63, 3.8) is 0 Å². The van der Waals surface area contributed by atoms with Crippen LogP contribution in [0.2, 0.25) is 0 Å². The summed E-state index contributed by atoms with van der Waals surface area (Å²) >= 11 is 0. The van der Waals surface area contributed by atoms with Gasteiger partial charge in [0.2, 0.25) is 6.79 Å². The van der Waals surface area contributed by atoms with Gasteiger partial charge in [0.1, 0.15) is 5.82 Å². The molecule has 0 saturated heterocycles. The summed E-state index contributed by atoms with van der Waals surface area (Å²) in [7, 11) is 0. The molecule has 1 aliphatic rings. The highest BCUT2D eigenvalue weighted by Crippen LogP contribution is 2.37. The Balaban J connectivity index is 1.96. The number of nitrogens with zero attached hydrogens (tertiary/aromatic N) is 3. The summed E-state index contributed by atoms with van der Waals surface area (Å²) in [6.07, 6.45) is 3.56. The lowest BCUT2D eigenvalue weighted by Crippen LogP contribution is -2.37. The van der Waals surface area contributed by atoms with Crippen molar-refractivity contribution < 1.29 is 9.47 Å². The molecule has 3 heterocycles. The maximum atomic E-state index is 6.26. The number of hydrogen-bond donors (Lipinski definition) is 1. The molecule has 3 aromatic rings. The molecule has 0 aliphatic carbocycles. The highest BCUT2D eigenvalue weighted by Gasteiger charge is 2.22. The number of benzene rings is 1. The number of fused-ring (bicyclic) bond motifs is 2. The molecular weight excluding hydrogens is 292 g/mol. The lowest BCUT2D eigenvalue weighted by molar-refractivity contribution is 0.174. The average Bonchev–Trinajstić information content (AvgIpc) is 3.09. The lowest BCUT2D eigenvalue weighted by atomic mass is 10.1. The third-order valence-electron chi connectivity index (χ3n) is 3.73. The highest BCUT2D eigenvalue weighted by molar-refractivity contribution is 5.84. The summed E-state index contributed by atoms with van der Waals surface area (Å²) in [5, 5.41) is 0. The first-order valence-electron chi connectivity index (χ1n) is 7.50. The zero-order chi connectivity index (χ0) is 16.0. The predicted molar refractivity (Wildman–Crippen MR) is 87.4 cm³/mol. The van der Waals surface area contributed by atoms with Gasteiger partial charge in [0, 0.05) is 42.2 Å². The van der Waals surface area contributed by atoms with Gasteiger partial charge < -0.3 is 19.8 Å². The maximum Gasteiger partial charge on any atom is 0.231 e. The van der Waals surface area contributed by atoms with E-state index in [0.717, 1.165) is 33.9 Å². The summed E-state index contributed by atoms with van der Waals surface area (Å²) in [5.41, 5.74) is 8.67. The molecule has 118 valence electrons. The van der Waals surface area contributed by atoms with Crippen LogP contribution in [0.5, 0.6) is 11.5 Å². The van der Waals surface area contributed by atoms with Crippen LogP contribution in [0.25, 0.3) is 22.4 Å². The standard InChI is InChI=1S/C17H18N4O2/c1-17(2,18)9-21-13-7-15-14(22-10-23-15)6-12(13)20-16(21)11-4-3-5-19-8-11/h3-8H,9-10,18H2,1-2H3. The van der Waals surface area contributed by atoms with Crippen molar-refractivity contribution in [1.29, 1.82) is 0 Å². The van der Waals surface area contributed by atoms with E-state index >= 15 is 0 Å². The minimum atomic E-state index is -0.374. The number of rotatable bonds is 3. The zero-order valence-corrected chi connectivity index (χ0v) is 13.1. The SMILES string of the molecule is CC(C)(N)Cn1c(-c2cccnc2)nc2cc3c(cc21)OCO3. The Bertz CT molecular complexity index is 866. The van der Waals surface area contributed by atoms with Crippen LogP contribution >= 0.6 is 0 Å². The molecule has 0 unspecified atom stereocenters. The van der Waals surface area contributed by atoms with Gasteiger partial charge in [-0.25, -0.2) is 4.98 Å². The van der Waals surface area contributed by atoms with Gasteiger partial charge in [0.15, 0.2) is 11.5 Å². The summed E-state index contributed by atoms with van der Waals surface area (Å²) in [6, 6.07) is 7.78. The number of hydrogen-bond acceptors (Lipinski definition) is 5. The molecule has 0 amide bonds. The smallest absolute Gasteiger partial charge is 0.231 e. The van der Waals surface area contributed by atoms with Crippen LogP contribution in [-0.4, -0.2) is 26.9 Å². The largest absolute Gasteiger partial charge is 0.454 e. The van der Waals surface area contributed by atoms with Crippen molar-refractivity contribution in [3.05, 3.63) is 36.7 Å². The van der Waals surface area contributed by atoms with Gasteiger partial charge in [-0.1, -0.05) is 0 Å². The summed E-state index contributed by atoms with van der Waals surface area (Å²) in [5.74, 6) is 2.31. The Morgan fingerprint density at radius 2 is 2.04 bits per heavy atom. The van der Waals surface area contributed by atoms with Crippen molar-refractivity contribution in [3.8, 4) is 22.9 Å². The van der Waals surface area contributed by atoms with Crippen LogP contribution < -0.4 is 15.2 Å². The first kappa shape index (κ1) is 14.0. The van der Waals surface area contributed by atoms with Gasteiger partial charge in [0.05, 0.1) is 11.0 Å². The third-order valence-corrected chi connectivity index (χ3v) is 3.73. The molecule has 1 aromatic carbocycles. The molecule has 2 N–H and O–H groups in total. The number of nitrogens with two attached hydrogens (primary N) is 1. The van der Waals surface area contributed by atoms with E-state index in [0.29, 0.717) is 6.54 Å². The van der Waals surface area contributed by atoms with E-state index in [1.165, 1.54) is 0 Å². The fourth-order valence-electron chi connectivity index (χ4n) is 2.80. The molecule has 0 bridgehead atoms. The number of imidazole rings is 1. The number of ether oxygens (including phenoxy) is 2. The normalized spacial score (nSPS) is 13.7. The Morgan fingerprint density at radius 1 is 1.26 bits per heavy atom.